The molecule has 1 aliphatic rings. The molecule has 0 spiro atoms. The molecule has 1 N–H and O–H groups in total. The summed E-state index contributed by atoms with van der Waals surface area (Å²) >= 11 is 9.52. The molecule has 1 aliphatic heterocycles. The van der Waals surface area contributed by atoms with Crippen molar-refractivity contribution >= 4 is 39.4 Å². The molecule has 1 amide bonds. The minimum Gasteiger partial charge on any atom is -0.496 e. The maximum Gasteiger partial charge on any atom is 0.416 e. The highest BCUT2D eigenvalue weighted by Gasteiger charge is 2.32. The van der Waals surface area contributed by atoms with Crippen LogP contribution in [0.25, 0.3) is 0 Å². The Kier molecular flexibility index (Phi) is 13.0. The van der Waals surface area contributed by atoms with E-state index in [2.05, 4.69) is 43.3 Å². The van der Waals surface area contributed by atoms with E-state index in [0.29, 0.717) is 42.6 Å². The zero-order chi connectivity index (χ0) is 30.8. The van der Waals surface area contributed by atoms with Crippen molar-refractivity contribution in [3.63, 3.8) is 0 Å². The van der Waals surface area contributed by atoms with E-state index in [9.17, 15) is 18.0 Å². The Morgan fingerprint density at radius 3 is 2.56 bits per heavy atom. The number of unbranched alkanes of at least 4 members (excludes halogenated alkanes) is 1. The van der Waals surface area contributed by atoms with Gasteiger partial charge < -0.3 is 19.7 Å². The number of nitrogens with one attached hydrogen (secondary N) is 1. The number of anilines is 1. The third-order valence-electron chi connectivity index (χ3n) is 5.80. The summed E-state index contributed by atoms with van der Waals surface area (Å²) in [5.41, 5.74) is -0.412. The van der Waals surface area contributed by atoms with Crippen LogP contribution in [-0.2, 0) is 17.3 Å². The van der Waals surface area contributed by atoms with Gasteiger partial charge >= 0.3 is 12.3 Å². The van der Waals surface area contributed by atoms with Crippen LogP contribution in [0.1, 0.15) is 77.0 Å². The van der Waals surface area contributed by atoms with E-state index >= 15 is 0 Å². The SMILES string of the molecule is CC.COc1cc(C(F)(F)F)cc(C#CCCCc2cc(NC3CCCN(C(=O)OC(C)(C)C)C3)nnc2Cl)c1Br. The molecule has 1 unspecified atom stereocenters. The molecule has 0 saturated carbocycles. The highest BCUT2D eigenvalue weighted by atomic mass is 79.9. The first-order chi connectivity index (χ1) is 19.3. The van der Waals surface area contributed by atoms with Crippen molar-refractivity contribution in [2.45, 2.75) is 84.5 Å². The van der Waals surface area contributed by atoms with Gasteiger partial charge in [0.05, 0.1) is 17.1 Å². The summed E-state index contributed by atoms with van der Waals surface area (Å²) in [6.45, 7) is 10.6. The number of ether oxygens (including phenoxy) is 2. The summed E-state index contributed by atoms with van der Waals surface area (Å²) in [6, 6.07) is 3.74. The number of aromatic nitrogens is 2. The second-order valence-electron chi connectivity index (χ2n) is 10.1. The highest BCUT2D eigenvalue weighted by molar-refractivity contribution is 9.10. The van der Waals surface area contributed by atoms with Crippen LogP contribution in [0.15, 0.2) is 22.7 Å². The lowest BCUT2D eigenvalue weighted by atomic mass is 10.1. The van der Waals surface area contributed by atoms with Crippen LogP contribution in [0.2, 0.25) is 5.15 Å². The summed E-state index contributed by atoms with van der Waals surface area (Å²) in [7, 11) is 1.30. The number of amides is 1. The van der Waals surface area contributed by atoms with E-state index < -0.39 is 17.3 Å². The molecule has 41 heavy (non-hydrogen) atoms. The smallest absolute Gasteiger partial charge is 0.416 e. The largest absolute Gasteiger partial charge is 0.496 e. The van der Waals surface area contributed by atoms with Crippen molar-refractivity contribution in [3.8, 4) is 17.6 Å². The molecule has 3 rings (SSSR count). The van der Waals surface area contributed by atoms with E-state index in [1.807, 2.05) is 40.7 Å². The van der Waals surface area contributed by atoms with Gasteiger partial charge in [-0.15, -0.1) is 10.2 Å². The van der Waals surface area contributed by atoms with Gasteiger partial charge in [0.25, 0.3) is 0 Å². The van der Waals surface area contributed by atoms with Crippen LogP contribution in [0.4, 0.5) is 23.8 Å². The Balaban J connectivity index is 0.00000287. The van der Waals surface area contributed by atoms with Crippen LogP contribution >= 0.6 is 27.5 Å². The number of hydrogen-bond donors (Lipinski definition) is 1. The summed E-state index contributed by atoms with van der Waals surface area (Å²) in [5.74, 6) is 6.35. The lowest BCUT2D eigenvalue weighted by Crippen LogP contribution is -2.47. The lowest BCUT2D eigenvalue weighted by Gasteiger charge is -2.34. The number of hydrogen-bond acceptors (Lipinski definition) is 6. The number of aryl methyl sites for hydroxylation is 1. The molecule has 0 bridgehead atoms. The van der Waals surface area contributed by atoms with Gasteiger partial charge in [0, 0.05) is 31.1 Å². The Hall–Kier alpha value is -2.71. The predicted octanol–water partition coefficient (Wildman–Crippen LogP) is 8.13. The number of halogens is 5. The summed E-state index contributed by atoms with van der Waals surface area (Å²) in [4.78, 5) is 14.1. The van der Waals surface area contributed by atoms with Gasteiger partial charge in [-0.2, -0.15) is 13.2 Å². The quantitative estimate of drug-likeness (QED) is 0.249. The Bertz CT molecular complexity index is 1240. The van der Waals surface area contributed by atoms with E-state index in [1.165, 1.54) is 7.11 Å². The number of rotatable bonds is 6. The minimum absolute atomic E-state index is 0.0108. The summed E-state index contributed by atoms with van der Waals surface area (Å²) in [6.07, 6.45) is -1.55. The number of likely N-dealkylation sites (tertiary alicyclic amines) is 1. The zero-order valence-electron chi connectivity index (χ0n) is 24.2. The highest BCUT2D eigenvalue weighted by Crippen LogP contribution is 2.37. The Labute approximate surface area is 253 Å². The van der Waals surface area contributed by atoms with E-state index in [0.717, 1.165) is 30.5 Å². The van der Waals surface area contributed by atoms with Gasteiger partial charge in [-0.05, 0) is 86.1 Å². The maximum absolute atomic E-state index is 13.2. The topological polar surface area (TPSA) is 76.6 Å². The van der Waals surface area contributed by atoms with Crippen molar-refractivity contribution < 1.29 is 27.4 Å². The average Bonchev–Trinajstić information content (AvgIpc) is 2.90. The monoisotopic (exact) mass is 660 g/mol. The average molecular weight is 662 g/mol. The van der Waals surface area contributed by atoms with E-state index in [1.54, 1.807) is 4.90 Å². The molecule has 0 aliphatic carbocycles. The van der Waals surface area contributed by atoms with Crippen LogP contribution < -0.4 is 10.1 Å². The first-order valence-electron chi connectivity index (χ1n) is 13.5. The standard InChI is InChI=1S/C27H31BrClF3N4O3.C2H6/c1-26(2,3)39-25(37)36-12-8-11-20(16-36)33-22-14-18(24(29)35-34-22)10-7-5-6-9-17-13-19(27(30,31)32)15-21(38-4)23(17)28;1-2/h13-15,20H,5,7-8,10-12,16H2,1-4H3,(H,33,34);1-2H3. The third-order valence-corrected chi connectivity index (χ3v) is 6.94. The Morgan fingerprint density at radius 2 is 1.93 bits per heavy atom. The molecular formula is C29H37BrClF3N4O3. The summed E-state index contributed by atoms with van der Waals surface area (Å²) in [5, 5.41) is 11.8. The normalized spacial score (nSPS) is 15.2. The van der Waals surface area contributed by atoms with Gasteiger partial charge in [0.2, 0.25) is 0 Å². The molecule has 1 fully saturated rings. The van der Waals surface area contributed by atoms with Crippen LogP contribution in [0.3, 0.4) is 0 Å². The first-order valence-corrected chi connectivity index (χ1v) is 14.6. The fourth-order valence-corrected chi connectivity index (χ4v) is 4.66. The lowest BCUT2D eigenvalue weighted by molar-refractivity contribution is -0.137. The number of carbonyl (C=O) groups excluding carboxylic acids is 1. The maximum atomic E-state index is 13.2. The fraction of sp³-hybridized carbons (Fsp3) is 0.552. The van der Waals surface area contributed by atoms with E-state index in [4.69, 9.17) is 21.1 Å². The van der Waals surface area contributed by atoms with Crippen LogP contribution in [-0.4, -0.2) is 53.0 Å². The van der Waals surface area contributed by atoms with Gasteiger partial charge in [-0.3, -0.25) is 0 Å². The first kappa shape index (κ1) is 34.5. The van der Waals surface area contributed by atoms with Gasteiger partial charge in [0.15, 0.2) is 5.15 Å². The second-order valence-corrected chi connectivity index (χ2v) is 11.3. The molecule has 1 aromatic heterocycles. The fourth-order valence-electron chi connectivity index (χ4n) is 3.98. The van der Waals surface area contributed by atoms with Gasteiger partial charge in [0.1, 0.15) is 17.2 Å². The predicted molar refractivity (Wildman–Crippen MR) is 158 cm³/mol. The number of piperidine rings is 1. The van der Waals surface area contributed by atoms with Crippen molar-refractivity contribution in [3.05, 3.63) is 44.5 Å². The molecule has 1 aromatic carbocycles. The molecular weight excluding hydrogens is 625 g/mol. The minimum atomic E-state index is -4.51. The second kappa shape index (κ2) is 15.5. The van der Waals surface area contributed by atoms with Gasteiger partial charge in [-0.1, -0.05) is 37.3 Å². The molecule has 1 saturated heterocycles. The summed E-state index contributed by atoms with van der Waals surface area (Å²) < 4.78 is 50.5. The van der Waals surface area contributed by atoms with E-state index in [-0.39, 0.29) is 28.6 Å². The van der Waals surface area contributed by atoms with Crippen LogP contribution in [0, 0.1) is 11.8 Å². The molecule has 7 nitrogen and oxygen atoms in total. The van der Waals surface area contributed by atoms with Gasteiger partial charge in [-0.25, -0.2) is 4.79 Å². The Morgan fingerprint density at radius 1 is 1.22 bits per heavy atom. The van der Waals surface area contributed by atoms with Crippen LogP contribution in [0.5, 0.6) is 5.75 Å². The molecule has 2 aromatic rings. The van der Waals surface area contributed by atoms with Crippen molar-refractivity contribution in [1.29, 1.82) is 0 Å². The molecule has 12 heteroatoms. The zero-order valence-corrected chi connectivity index (χ0v) is 26.6. The van der Waals surface area contributed by atoms with Crippen molar-refractivity contribution in [1.82, 2.24) is 15.1 Å². The number of methoxy groups -OCH3 is 1. The van der Waals surface area contributed by atoms with Crippen molar-refractivity contribution in [2.24, 2.45) is 0 Å². The third kappa shape index (κ3) is 10.9. The molecule has 226 valence electrons. The number of carbonyl (C=O) groups is 1. The number of nitrogens with zero attached hydrogens (tertiary/aromatic N) is 3. The molecule has 0 radical (unpaired) electrons. The number of benzene rings is 1. The van der Waals surface area contributed by atoms with Crippen molar-refractivity contribution in [2.75, 3.05) is 25.5 Å². The molecule has 2 heterocycles. The molecule has 1 atom stereocenters. The number of alkyl halides is 3.